The summed E-state index contributed by atoms with van der Waals surface area (Å²) in [6.07, 6.45) is 0.365. The second kappa shape index (κ2) is 5.42. The van der Waals surface area contributed by atoms with Crippen LogP contribution >= 0.6 is 0 Å². The molecule has 0 amide bonds. The second-order valence-corrected chi connectivity index (χ2v) is 5.49. The van der Waals surface area contributed by atoms with Crippen LogP contribution in [0.25, 0.3) is 0 Å². The molecule has 0 unspecified atom stereocenters. The van der Waals surface area contributed by atoms with E-state index in [9.17, 15) is 4.79 Å². The zero-order valence-corrected chi connectivity index (χ0v) is 12.1. The van der Waals surface area contributed by atoms with Crippen molar-refractivity contribution in [2.45, 2.75) is 39.5 Å². The molecular formula is C15H22O3. The van der Waals surface area contributed by atoms with Crippen LogP contribution in [0.3, 0.4) is 0 Å². The summed E-state index contributed by atoms with van der Waals surface area (Å²) < 4.78 is 10.8. The number of hydrogen-bond acceptors (Lipinski definition) is 3. The van der Waals surface area contributed by atoms with E-state index in [0.29, 0.717) is 6.42 Å². The lowest BCUT2D eigenvalue weighted by atomic mass is 9.85. The van der Waals surface area contributed by atoms with Gasteiger partial charge in [-0.05, 0) is 24.5 Å². The Morgan fingerprint density at radius 1 is 1.11 bits per heavy atom. The molecule has 0 bridgehead atoms. The highest BCUT2D eigenvalue weighted by Crippen LogP contribution is 2.36. The second-order valence-electron chi connectivity index (χ2n) is 5.49. The molecular weight excluding hydrogens is 228 g/mol. The van der Waals surface area contributed by atoms with Gasteiger partial charge in [0.1, 0.15) is 17.3 Å². The number of ether oxygens (including phenoxy) is 2. The Hall–Kier alpha value is -1.51. The molecule has 0 heterocycles. The summed E-state index contributed by atoms with van der Waals surface area (Å²) >= 11 is 0. The highest BCUT2D eigenvalue weighted by atomic mass is 16.5. The van der Waals surface area contributed by atoms with E-state index in [1.165, 1.54) is 0 Å². The Balaban J connectivity index is 3.37. The van der Waals surface area contributed by atoms with Gasteiger partial charge in [-0.25, -0.2) is 0 Å². The lowest BCUT2D eigenvalue weighted by Crippen LogP contribution is -2.14. The number of hydrogen-bond donors (Lipinski definition) is 0. The smallest absolute Gasteiger partial charge is 0.134 e. The maximum absolute atomic E-state index is 11.3. The van der Waals surface area contributed by atoms with Crippen LogP contribution in [0.2, 0.25) is 0 Å². The van der Waals surface area contributed by atoms with Crippen LogP contribution in [0, 0.1) is 0 Å². The topological polar surface area (TPSA) is 35.5 Å². The minimum atomic E-state index is -0.0343. The van der Waals surface area contributed by atoms with Gasteiger partial charge < -0.3 is 9.47 Å². The van der Waals surface area contributed by atoms with Gasteiger partial charge in [-0.2, -0.15) is 0 Å². The van der Waals surface area contributed by atoms with Gasteiger partial charge in [0.2, 0.25) is 0 Å². The molecule has 0 aliphatic carbocycles. The number of methoxy groups -OCH3 is 2. The fraction of sp³-hybridized carbons (Fsp3) is 0.533. The first-order valence-electron chi connectivity index (χ1n) is 6.04. The Kier molecular flexibility index (Phi) is 4.38. The van der Waals surface area contributed by atoms with E-state index in [2.05, 4.69) is 20.8 Å². The predicted molar refractivity (Wildman–Crippen MR) is 72.6 cm³/mol. The molecule has 18 heavy (non-hydrogen) atoms. The molecule has 0 fully saturated rings. The van der Waals surface area contributed by atoms with E-state index in [1.807, 2.05) is 12.1 Å². The standard InChI is InChI=1S/C15H22O3/c1-10(16)7-11-8-14(18-6)12(15(2,3)4)9-13(11)17-5/h8-9H,7H2,1-6H3. The van der Waals surface area contributed by atoms with E-state index >= 15 is 0 Å². The molecule has 0 saturated carbocycles. The summed E-state index contributed by atoms with van der Waals surface area (Å²) in [6, 6.07) is 3.87. The molecule has 1 aromatic carbocycles. The molecule has 0 aliphatic heterocycles. The lowest BCUT2D eigenvalue weighted by molar-refractivity contribution is -0.116. The van der Waals surface area contributed by atoms with Crippen LogP contribution in [0.5, 0.6) is 11.5 Å². The molecule has 1 aromatic rings. The largest absolute Gasteiger partial charge is 0.496 e. The van der Waals surface area contributed by atoms with Gasteiger partial charge in [0.05, 0.1) is 14.2 Å². The molecule has 3 heteroatoms. The maximum Gasteiger partial charge on any atom is 0.134 e. The molecule has 100 valence electrons. The van der Waals surface area contributed by atoms with Crippen molar-refractivity contribution in [2.75, 3.05) is 14.2 Å². The van der Waals surface area contributed by atoms with Crippen LogP contribution in [-0.2, 0) is 16.6 Å². The SMILES string of the molecule is COc1cc(C(C)(C)C)c(OC)cc1CC(C)=O. The molecule has 0 N–H and O–H groups in total. The molecule has 0 spiro atoms. The molecule has 0 saturated heterocycles. The van der Waals surface area contributed by atoms with Gasteiger partial charge in [0.25, 0.3) is 0 Å². The Bertz CT molecular complexity index is 442. The number of Topliss-reactive ketones (excluding diaryl/α,β-unsaturated/α-hetero) is 1. The van der Waals surface area contributed by atoms with E-state index in [1.54, 1.807) is 21.1 Å². The van der Waals surface area contributed by atoms with Gasteiger partial charge in [-0.1, -0.05) is 20.8 Å². The van der Waals surface area contributed by atoms with Gasteiger partial charge in [0.15, 0.2) is 0 Å². The highest BCUT2D eigenvalue weighted by molar-refractivity contribution is 5.79. The van der Waals surface area contributed by atoms with Crippen LogP contribution in [0.4, 0.5) is 0 Å². The fourth-order valence-electron chi connectivity index (χ4n) is 1.95. The lowest BCUT2D eigenvalue weighted by Gasteiger charge is -2.24. The number of carbonyl (C=O) groups excluding carboxylic acids is 1. The molecule has 0 aromatic heterocycles. The summed E-state index contributed by atoms with van der Waals surface area (Å²) in [4.78, 5) is 11.3. The Morgan fingerprint density at radius 2 is 1.67 bits per heavy atom. The Labute approximate surface area is 109 Å². The quantitative estimate of drug-likeness (QED) is 0.823. The monoisotopic (exact) mass is 250 g/mol. The molecule has 0 radical (unpaired) electrons. The number of carbonyl (C=O) groups is 1. The van der Waals surface area contributed by atoms with Crippen molar-refractivity contribution in [1.82, 2.24) is 0 Å². The third-order valence-electron chi connectivity index (χ3n) is 2.85. The number of benzene rings is 1. The zero-order valence-electron chi connectivity index (χ0n) is 12.1. The third kappa shape index (κ3) is 3.25. The van der Waals surface area contributed by atoms with Crippen LogP contribution < -0.4 is 9.47 Å². The minimum absolute atomic E-state index is 0.0343. The van der Waals surface area contributed by atoms with E-state index in [0.717, 1.165) is 22.6 Å². The fourth-order valence-corrected chi connectivity index (χ4v) is 1.95. The van der Waals surface area contributed by atoms with Gasteiger partial charge in [0, 0.05) is 17.5 Å². The van der Waals surface area contributed by atoms with Crippen molar-refractivity contribution in [2.24, 2.45) is 0 Å². The third-order valence-corrected chi connectivity index (χ3v) is 2.85. The number of ketones is 1. The highest BCUT2D eigenvalue weighted by Gasteiger charge is 2.22. The summed E-state index contributed by atoms with van der Waals surface area (Å²) in [5.74, 6) is 1.66. The first kappa shape index (κ1) is 14.6. The first-order valence-corrected chi connectivity index (χ1v) is 6.04. The molecule has 0 atom stereocenters. The van der Waals surface area contributed by atoms with Crippen molar-refractivity contribution in [1.29, 1.82) is 0 Å². The molecule has 0 aliphatic rings. The normalized spacial score (nSPS) is 11.2. The van der Waals surface area contributed by atoms with Gasteiger partial charge >= 0.3 is 0 Å². The first-order chi connectivity index (χ1) is 8.29. The molecule has 3 nitrogen and oxygen atoms in total. The Morgan fingerprint density at radius 3 is 2.06 bits per heavy atom. The van der Waals surface area contributed by atoms with Gasteiger partial charge in [-0.15, -0.1) is 0 Å². The van der Waals surface area contributed by atoms with Crippen molar-refractivity contribution >= 4 is 5.78 Å². The average molecular weight is 250 g/mol. The number of rotatable bonds is 4. The van der Waals surface area contributed by atoms with Crippen molar-refractivity contribution in [3.8, 4) is 11.5 Å². The summed E-state index contributed by atoms with van der Waals surface area (Å²) in [5.41, 5.74) is 1.91. The summed E-state index contributed by atoms with van der Waals surface area (Å²) in [5, 5.41) is 0. The van der Waals surface area contributed by atoms with E-state index < -0.39 is 0 Å². The van der Waals surface area contributed by atoms with Crippen LogP contribution in [0.1, 0.15) is 38.8 Å². The summed E-state index contributed by atoms with van der Waals surface area (Å²) in [6.45, 7) is 7.93. The maximum atomic E-state index is 11.3. The zero-order chi connectivity index (χ0) is 13.9. The van der Waals surface area contributed by atoms with Crippen molar-refractivity contribution in [3.63, 3.8) is 0 Å². The summed E-state index contributed by atoms with van der Waals surface area (Å²) in [7, 11) is 3.27. The van der Waals surface area contributed by atoms with E-state index in [-0.39, 0.29) is 11.2 Å². The van der Waals surface area contributed by atoms with Gasteiger partial charge in [-0.3, -0.25) is 4.79 Å². The van der Waals surface area contributed by atoms with Crippen LogP contribution in [0.15, 0.2) is 12.1 Å². The van der Waals surface area contributed by atoms with Crippen molar-refractivity contribution in [3.05, 3.63) is 23.3 Å². The van der Waals surface area contributed by atoms with Crippen LogP contribution in [-0.4, -0.2) is 20.0 Å². The molecule has 1 rings (SSSR count). The van der Waals surface area contributed by atoms with Crippen molar-refractivity contribution < 1.29 is 14.3 Å². The average Bonchev–Trinajstić information content (AvgIpc) is 2.26. The predicted octanol–water partition coefficient (Wildman–Crippen LogP) is 3.13. The minimum Gasteiger partial charge on any atom is -0.496 e. The van der Waals surface area contributed by atoms with E-state index in [4.69, 9.17) is 9.47 Å².